The maximum atomic E-state index is 10.9. The van der Waals surface area contributed by atoms with Crippen molar-refractivity contribution in [2.45, 2.75) is 25.4 Å². The normalized spacial score (nSPS) is 22.0. The summed E-state index contributed by atoms with van der Waals surface area (Å²) in [4.78, 5) is 12.9. The number of rotatable bonds is 4. The van der Waals surface area contributed by atoms with Gasteiger partial charge < -0.3 is 9.67 Å². The van der Waals surface area contributed by atoms with E-state index in [-0.39, 0.29) is 6.04 Å². The molecule has 82 valence electrons. The predicted molar refractivity (Wildman–Crippen MR) is 52.3 cm³/mol. The molecule has 0 saturated carbocycles. The highest BCUT2D eigenvalue weighted by molar-refractivity contribution is 5.73. The molecule has 1 aromatic rings. The Hall–Kier alpha value is -1.43. The summed E-state index contributed by atoms with van der Waals surface area (Å²) in [6.07, 6.45) is 5.02. The zero-order valence-corrected chi connectivity index (χ0v) is 8.41. The van der Waals surface area contributed by atoms with Gasteiger partial charge >= 0.3 is 5.97 Å². The smallest absolute Gasteiger partial charge is 0.320 e. The summed E-state index contributed by atoms with van der Waals surface area (Å²) in [5.74, 6) is -0.712. The summed E-state index contributed by atoms with van der Waals surface area (Å²) in [6, 6.07) is -0.304. The third-order valence-electron chi connectivity index (χ3n) is 2.76. The van der Waals surface area contributed by atoms with Crippen molar-refractivity contribution in [2.24, 2.45) is 0 Å². The monoisotopic (exact) mass is 210 g/mol. The van der Waals surface area contributed by atoms with E-state index in [1.165, 1.54) is 0 Å². The highest BCUT2D eigenvalue weighted by Crippen LogP contribution is 2.16. The summed E-state index contributed by atoms with van der Waals surface area (Å²) >= 11 is 0. The number of nitrogens with zero attached hydrogens (tertiary/aromatic N) is 4. The average Bonchev–Trinajstić information content (AvgIpc) is 2.86. The molecule has 0 spiro atoms. The minimum absolute atomic E-state index is 0.304. The van der Waals surface area contributed by atoms with Gasteiger partial charge in [-0.05, 0) is 19.4 Å². The largest absolute Gasteiger partial charge is 0.480 e. The van der Waals surface area contributed by atoms with E-state index in [0.717, 1.165) is 32.5 Å². The van der Waals surface area contributed by atoms with Crippen molar-refractivity contribution < 1.29 is 9.90 Å². The van der Waals surface area contributed by atoms with Crippen molar-refractivity contribution >= 4 is 5.97 Å². The van der Waals surface area contributed by atoms with Crippen LogP contribution in [0.2, 0.25) is 0 Å². The zero-order valence-electron chi connectivity index (χ0n) is 8.41. The van der Waals surface area contributed by atoms with Gasteiger partial charge in [0, 0.05) is 13.1 Å². The van der Waals surface area contributed by atoms with E-state index in [0.29, 0.717) is 0 Å². The molecule has 0 amide bonds. The fourth-order valence-electron chi connectivity index (χ4n) is 1.95. The zero-order chi connectivity index (χ0) is 10.7. The molecule has 1 saturated heterocycles. The molecule has 0 aromatic carbocycles. The Balaban J connectivity index is 1.86. The van der Waals surface area contributed by atoms with Crippen LogP contribution in [-0.4, -0.2) is 49.9 Å². The Kier molecular flexibility index (Phi) is 2.96. The van der Waals surface area contributed by atoms with E-state index >= 15 is 0 Å². The number of carboxylic acid groups (broad SMARTS) is 1. The first kappa shape index (κ1) is 10.1. The fourth-order valence-corrected chi connectivity index (χ4v) is 1.95. The number of carboxylic acids is 1. The van der Waals surface area contributed by atoms with Crippen molar-refractivity contribution in [3.05, 3.63) is 12.7 Å². The number of carbonyl (C=O) groups is 1. The first-order valence-electron chi connectivity index (χ1n) is 5.06. The lowest BCUT2D eigenvalue weighted by molar-refractivity contribution is -0.142. The Morgan fingerprint density at radius 1 is 1.40 bits per heavy atom. The first-order chi connectivity index (χ1) is 7.27. The van der Waals surface area contributed by atoms with E-state index < -0.39 is 5.97 Å². The van der Waals surface area contributed by atoms with Crippen LogP contribution in [0.5, 0.6) is 0 Å². The molecule has 15 heavy (non-hydrogen) atoms. The molecule has 1 aliphatic heterocycles. The van der Waals surface area contributed by atoms with E-state index in [4.69, 9.17) is 5.11 Å². The van der Waals surface area contributed by atoms with Gasteiger partial charge in [0.2, 0.25) is 0 Å². The van der Waals surface area contributed by atoms with Crippen molar-refractivity contribution in [1.29, 1.82) is 0 Å². The summed E-state index contributed by atoms with van der Waals surface area (Å²) in [7, 11) is 0. The third kappa shape index (κ3) is 2.33. The topological polar surface area (TPSA) is 71.2 Å². The van der Waals surface area contributed by atoms with E-state index in [9.17, 15) is 4.79 Å². The van der Waals surface area contributed by atoms with Crippen LogP contribution in [0.4, 0.5) is 0 Å². The van der Waals surface area contributed by atoms with Crippen LogP contribution in [0.25, 0.3) is 0 Å². The molecule has 1 fully saturated rings. The van der Waals surface area contributed by atoms with Crippen LogP contribution in [0, 0.1) is 0 Å². The molecule has 0 bridgehead atoms. The predicted octanol–water partition coefficient (Wildman–Crippen LogP) is -0.173. The van der Waals surface area contributed by atoms with Gasteiger partial charge in [0.15, 0.2) is 0 Å². The molecule has 1 aromatic heterocycles. The summed E-state index contributed by atoms with van der Waals surface area (Å²) in [5, 5.41) is 16.4. The molecular weight excluding hydrogens is 196 g/mol. The fraction of sp³-hybridized carbons (Fsp3) is 0.667. The molecule has 0 aliphatic carbocycles. The van der Waals surface area contributed by atoms with Gasteiger partial charge in [-0.3, -0.25) is 9.69 Å². The van der Waals surface area contributed by atoms with Crippen molar-refractivity contribution in [1.82, 2.24) is 19.7 Å². The molecule has 6 nitrogen and oxygen atoms in total. The van der Waals surface area contributed by atoms with Crippen molar-refractivity contribution in [2.75, 3.05) is 13.1 Å². The Morgan fingerprint density at radius 2 is 2.13 bits per heavy atom. The molecule has 0 radical (unpaired) electrons. The molecule has 2 rings (SSSR count). The SMILES string of the molecule is O=C(O)[C@H]1CCCN1CCn1cnnc1. The minimum Gasteiger partial charge on any atom is -0.480 e. The minimum atomic E-state index is -0.712. The maximum absolute atomic E-state index is 10.9. The van der Waals surface area contributed by atoms with Crippen LogP contribution < -0.4 is 0 Å². The molecular formula is C9H14N4O2. The highest BCUT2D eigenvalue weighted by atomic mass is 16.4. The second kappa shape index (κ2) is 4.39. The number of aromatic nitrogens is 3. The lowest BCUT2D eigenvalue weighted by Gasteiger charge is -2.20. The van der Waals surface area contributed by atoms with E-state index in [1.807, 2.05) is 9.47 Å². The Bertz CT molecular complexity index is 325. The Labute approximate surface area is 87.5 Å². The number of hydrogen-bond acceptors (Lipinski definition) is 4. The second-order valence-corrected chi connectivity index (χ2v) is 3.73. The van der Waals surface area contributed by atoms with Crippen LogP contribution in [0.1, 0.15) is 12.8 Å². The summed E-state index contributed by atoms with van der Waals surface area (Å²) < 4.78 is 1.86. The van der Waals surface area contributed by atoms with Gasteiger partial charge in [-0.15, -0.1) is 10.2 Å². The quantitative estimate of drug-likeness (QED) is 0.747. The standard InChI is InChI=1S/C9H14N4O2/c14-9(15)8-2-1-3-13(8)5-4-12-6-10-11-7-12/h6-8H,1-5H2,(H,14,15)/t8-/m1/s1. The van der Waals surface area contributed by atoms with Crippen LogP contribution >= 0.6 is 0 Å². The average molecular weight is 210 g/mol. The van der Waals surface area contributed by atoms with Gasteiger partial charge in [0.05, 0.1) is 0 Å². The van der Waals surface area contributed by atoms with Gasteiger partial charge in [-0.2, -0.15) is 0 Å². The third-order valence-corrected chi connectivity index (χ3v) is 2.76. The molecule has 1 N–H and O–H groups in total. The van der Waals surface area contributed by atoms with Gasteiger partial charge in [0.1, 0.15) is 18.7 Å². The van der Waals surface area contributed by atoms with Crippen LogP contribution in [0.15, 0.2) is 12.7 Å². The maximum Gasteiger partial charge on any atom is 0.320 e. The molecule has 1 aliphatic rings. The van der Waals surface area contributed by atoms with Crippen molar-refractivity contribution in [3.63, 3.8) is 0 Å². The number of aliphatic carboxylic acids is 1. The highest BCUT2D eigenvalue weighted by Gasteiger charge is 2.29. The van der Waals surface area contributed by atoms with Crippen LogP contribution in [-0.2, 0) is 11.3 Å². The molecule has 2 heterocycles. The summed E-state index contributed by atoms with van der Waals surface area (Å²) in [5.41, 5.74) is 0. The first-order valence-corrected chi connectivity index (χ1v) is 5.06. The van der Waals surface area contributed by atoms with E-state index in [1.54, 1.807) is 12.7 Å². The van der Waals surface area contributed by atoms with E-state index in [2.05, 4.69) is 10.2 Å². The molecule has 1 atom stereocenters. The van der Waals surface area contributed by atoms with Crippen molar-refractivity contribution in [3.8, 4) is 0 Å². The Morgan fingerprint density at radius 3 is 2.80 bits per heavy atom. The van der Waals surface area contributed by atoms with Gasteiger partial charge in [0.25, 0.3) is 0 Å². The lowest BCUT2D eigenvalue weighted by atomic mass is 10.2. The molecule has 0 unspecified atom stereocenters. The second-order valence-electron chi connectivity index (χ2n) is 3.73. The molecule has 6 heteroatoms. The van der Waals surface area contributed by atoms with Crippen LogP contribution in [0.3, 0.4) is 0 Å². The van der Waals surface area contributed by atoms with Gasteiger partial charge in [-0.25, -0.2) is 0 Å². The lowest BCUT2D eigenvalue weighted by Crippen LogP contribution is -2.37. The number of likely N-dealkylation sites (tertiary alicyclic amines) is 1. The number of hydrogen-bond donors (Lipinski definition) is 1. The van der Waals surface area contributed by atoms with Gasteiger partial charge in [-0.1, -0.05) is 0 Å². The summed E-state index contributed by atoms with van der Waals surface area (Å²) in [6.45, 7) is 2.37.